The maximum absolute atomic E-state index is 5.10. The number of benzene rings is 2. The Morgan fingerprint density at radius 2 is 1.22 bits per heavy atom. The molecule has 3 heteroatoms. The normalized spacial score (nSPS) is 79.3. The van der Waals surface area contributed by atoms with Crippen LogP contribution in [0.4, 0.5) is 11.4 Å². The van der Waals surface area contributed by atoms with Gasteiger partial charge in [0.2, 0.25) is 0 Å². The van der Waals surface area contributed by atoms with E-state index >= 15 is 0 Å². The number of hydrogen-bond acceptors (Lipinski definition) is 2. The van der Waals surface area contributed by atoms with Crippen LogP contribution in [0.25, 0.3) is 0 Å². The van der Waals surface area contributed by atoms with Gasteiger partial charge in [-0.25, -0.2) is 0 Å². The average Bonchev–Trinajstić information content (AvgIpc) is 3.66. The second-order valence-corrected chi connectivity index (χ2v) is 37.0. The van der Waals surface area contributed by atoms with Gasteiger partial charge in [-0.05, 0) is 0 Å². The first kappa shape index (κ1) is 11.4. The zero-order valence-corrected chi connectivity index (χ0v) is 16.1. The second kappa shape index (κ2) is 1.38. The fourth-order valence-corrected chi connectivity index (χ4v) is 93.8. The van der Waals surface area contributed by atoms with E-state index in [1.54, 1.807) is 0 Å². The van der Waals surface area contributed by atoms with E-state index in [0.29, 0.717) is 0 Å². The molecule has 0 aliphatic carbocycles. The Hall–Kier alpha value is -1.57. The maximum atomic E-state index is 5.10. The fourth-order valence-electron chi connectivity index (χ4n) is 18.9. The van der Waals surface area contributed by atoms with Gasteiger partial charge < -0.3 is 0 Å². The van der Waals surface area contributed by atoms with Gasteiger partial charge >= 0.3 is 149 Å². The molecular formula is C24H22FeN2. The van der Waals surface area contributed by atoms with Crippen molar-refractivity contribution in [1.82, 2.24) is 0 Å². The average molecular weight is 394 g/mol. The summed E-state index contributed by atoms with van der Waals surface area (Å²) < 4.78 is 0.946. The zero-order chi connectivity index (χ0) is 16.9. The Kier molecular flexibility index (Phi) is 0.586. The third-order valence-corrected chi connectivity index (χ3v) is 60.6. The molecule has 4 atom stereocenters. The SMILES string of the molecule is C(C[C]12[CH]3[CH]4[CH]5[CH]1[Fe]45321678[CH]2[CH]1[CH]6[CH]7[CH]28)=NN(c1ccccc1)c1ccccc1. The summed E-state index contributed by atoms with van der Waals surface area (Å²) in [5.41, 5.74) is 2.34. The van der Waals surface area contributed by atoms with Gasteiger partial charge in [0.25, 0.3) is 0 Å². The predicted octanol–water partition coefficient (Wildman–Crippen LogP) is 6.96. The van der Waals surface area contributed by atoms with Crippen molar-refractivity contribution < 1.29 is 6.51 Å². The molecule has 10 saturated heterocycles. The number of rotatable bonds is 5. The molecule has 0 saturated carbocycles. The molecule has 1 spiro atoms. The Morgan fingerprint density at radius 1 is 0.741 bits per heavy atom. The number of nitrogens with zero attached hydrogens (tertiary/aromatic N) is 2. The van der Waals surface area contributed by atoms with E-state index in [2.05, 4.69) is 71.9 Å². The van der Waals surface area contributed by atoms with Crippen molar-refractivity contribution in [2.24, 2.45) is 5.10 Å². The molecule has 12 rings (SSSR count). The summed E-state index contributed by atoms with van der Waals surface area (Å²) in [4.78, 5) is 12.7. The van der Waals surface area contributed by atoms with Gasteiger partial charge in [-0.1, -0.05) is 0 Å². The first-order valence-corrected chi connectivity index (χ1v) is 17.0. The summed E-state index contributed by atoms with van der Waals surface area (Å²) in [5, 5.41) is 7.26. The molecule has 0 aromatic heterocycles. The van der Waals surface area contributed by atoms with Crippen LogP contribution in [-0.4, -0.2) is 6.21 Å². The molecule has 2 aromatic rings. The first-order chi connectivity index (χ1) is 13.1. The minimum atomic E-state index is -2.94. The topological polar surface area (TPSA) is 15.6 Å². The van der Waals surface area contributed by atoms with E-state index in [1.165, 1.54) is 61.1 Å². The van der Waals surface area contributed by atoms with E-state index in [4.69, 9.17) is 5.10 Å². The van der Waals surface area contributed by atoms with Crippen molar-refractivity contribution >= 4 is 17.6 Å². The Balaban J connectivity index is 1.01. The van der Waals surface area contributed by atoms with Crippen LogP contribution in [-0.2, 0) is 6.51 Å². The van der Waals surface area contributed by atoms with Crippen molar-refractivity contribution in [2.75, 3.05) is 5.01 Å². The number of para-hydroxylation sites is 2. The van der Waals surface area contributed by atoms with Gasteiger partial charge in [-0.3, -0.25) is 0 Å². The quantitative estimate of drug-likeness (QED) is 0.304. The van der Waals surface area contributed by atoms with Crippen molar-refractivity contribution in [3.63, 3.8) is 0 Å². The van der Waals surface area contributed by atoms with Crippen LogP contribution in [0, 0.1) is 0 Å². The molecule has 0 radical (unpaired) electrons. The number of hydrogen-bond donors (Lipinski definition) is 0. The number of hydrazone groups is 1. The van der Waals surface area contributed by atoms with Crippen LogP contribution < -0.4 is 5.01 Å². The summed E-state index contributed by atoms with van der Waals surface area (Å²) >= 11 is 0. The molecule has 2 nitrogen and oxygen atoms in total. The summed E-state index contributed by atoms with van der Waals surface area (Å²) in [5.74, 6) is 0. The molecule has 10 fully saturated rings. The van der Waals surface area contributed by atoms with Crippen LogP contribution >= 0.6 is 0 Å². The minimum absolute atomic E-state index is 0.946. The molecule has 0 amide bonds. The zero-order valence-electron chi connectivity index (χ0n) is 15.0. The fraction of sp³-hybridized carbons (Fsp3) is 0.458. The molecule has 0 N–H and O–H groups in total. The molecular weight excluding hydrogens is 372 g/mol. The standard InChI is InChI=1S/C19H17N2.C5H5.Fe/c1-3-11-18(12-4-1)21(19-13-5-2-6-14-19)20-16-15-17-9-7-8-10-17;1-2-4-5-3-1;/h1-14,16H,15H2;1-5H;. The van der Waals surface area contributed by atoms with Crippen molar-refractivity contribution in [3.8, 4) is 0 Å². The molecule has 4 unspecified atom stereocenters. The summed E-state index contributed by atoms with van der Waals surface area (Å²) in [6.45, 7) is -2.94. The Labute approximate surface area is 148 Å². The van der Waals surface area contributed by atoms with Crippen molar-refractivity contribution in [2.45, 2.75) is 54.1 Å². The van der Waals surface area contributed by atoms with E-state index in [9.17, 15) is 0 Å². The molecule has 0 bridgehead atoms. The van der Waals surface area contributed by atoms with E-state index in [1.807, 2.05) is 0 Å². The molecule has 10 aliphatic heterocycles. The van der Waals surface area contributed by atoms with Gasteiger partial charge in [-0.15, -0.1) is 0 Å². The van der Waals surface area contributed by atoms with Crippen molar-refractivity contribution in [1.29, 1.82) is 0 Å². The van der Waals surface area contributed by atoms with E-state index in [-0.39, 0.29) is 0 Å². The van der Waals surface area contributed by atoms with Gasteiger partial charge in [0.15, 0.2) is 0 Å². The molecule has 27 heavy (non-hydrogen) atoms. The Morgan fingerprint density at radius 3 is 1.59 bits per heavy atom. The van der Waals surface area contributed by atoms with Crippen molar-refractivity contribution in [3.05, 3.63) is 60.7 Å². The molecule has 136 valence electrons. The molecule has 2 aromatic carbocycles. The first-order valence-electron chi connectivity index (χ1n) is 10.7. The Bertz CT molecular complexity index is 1410. The third-order valence-electron chi connectivity index (χ3n) is 17.6. The summed E-state index contributed by atoms with van der Waals surface area (Å²) in [6.07, 6.45) is 3.73. The molecule has 10 heterocycles. The second-order valence-electron chi connectivity index (χ2n) is 13.3. The van der Waals surface area contributed by atoms with Gasteiger partial charge in [0.1, 0.15) is 0 Å². The monoisotopic (exact) mass is 394 g/mol. The van der Waals surface area contributed by atoms with Gasteiger partial charge in [0, 0.05) is 0 Å². The van der Waals surface area contributed by atoms with E-state index in [0.717, 1.165) is 4.31 Å². The van der Waals surface area contributed by atoms with E-state index < -0.39 is 6.51 Å². The number of fused-ring (bicyclic) bond motifs is 10. The molecule has 10 aliphatic rings. The van der Waals surface area contributed by atoms with Gasteiger partial charge in [0.05, 0.1) is 0 Å². The summed E-state index contributed by atoms with van der Waals surface area (Å²) in [7, 11) is 0. The van der Waals surface area contributed by atoms with Crippen LogP contribution in [0.1, 0.15) is 6.42 Å². The number of anilines is 2. The van der Waals surface area contributed by atoms with Crippen LogP contribution in [0.2, 0.25) is 47.7 Å². The summed E-state index contributed by atoms with van der Waals surface area (Å²) in [6, 6.07) is 21.3. The van der Waals surface area contributed by atoms with Gasteiger partial charge in [-0.2, -0.15) is 0 Å². The van der Waals surface area contributed by atoms with Crippen LogP contribution in [0.15, 0.2) is 65.8 Å². The predicted molar refractivity (Wildman–Crippen MR) is 105 cm³/mol. The third kappa shape index (κ3) is 0.209. The van der Waals surface area contributed by atoms with Crippen LogP contribution in [0.3, 0.4) is 0 Å². The van der Waals surface area contributed by atoms with Crippen LogP contribution in [0.5, 0.6) is 0 Å².